The highest BCUT2D eigenvalue weighted by molar-refractivity contribution is 5.90. The molecule has 2 saturated heterocycles. The fourth-order valence-corrected chi connectivity index (χ4v) is 3.63. The maximum Gasteiger partial charge on any atom is 0.414 e. The topological polar surface area (TPSA) is 116 Å². The molecule has 2 fully saturated rings. The third-order valence-electron chi connectivity index (χ3n) is 5.38. The van der Waals surface area contributed by atoms with E-state index in [2.05, 4.69) is 0 Å². The van der Waals surface area contributed by atoms with E-state index in [-0.39, 0.29) is 24.7 Å². The summed E-state index contributed by atoms with van der Waals surface area (Å²) in [7, 11) is 4.58. The first kappa shape index (κ1) is 25.8. The van der Waals surface area contributed by atoms with Gasteiger partial charge < -0.3 is 33.5 Å². The Bertz CT molecular complexity index is 1070. The summed E-state index contributed by atoms with van der Waals surface area (Å²) in [6.45, 7) is 5.64. The zero-order chi connectivity index (χ0) is 25.5. The van der Waals surface area contributed by atoms with Crippen LogP contribution in [0.4, 0.5) is 21.0 Å². The van der Waals surface area contributed by atoms with E-state index < -0.39 is 0 Å². The summed E-state index contributed by atoms with van der Waals surface area (Å²) in [6.07, 6.45) is -0.709. The molecule has 2 aliphatic rings. The van der Waals surface area contributed by atoms with E-state index >= 15 is 0 Å². The van der Waals surface area contributed by atoms with Crippen molar-refractivity contribution in [2.75, 3.05) is 64.2 Å². The fourth-order valence-electron chi connectivity index (χ4n) is 3.63. The molecule has 0 spiro atoms. The number of anilines is 2. The van der Waals surface area contributed by atoms with Gasteiger partial charge in [-0.15, -0.1) is 0 Å². The van der Waals surface area contributed by atoms with Crippen LogP contribution in [0.1, 0.15) is 11.1 Å². The summed E-state index contributed by atoms with van der Waals surface area (Å²) in [5.41, 5.74) is 2.94. The molecule has 2 amide bonds. The summed E-state index contributed by atoms with van der Waals surface area (Å²) in [6, 6.07) is 6.96. The number of hydrogen-bond donors (Lipinski definition) is 1. The minimum atomic E-state index is -0.368. The van der Waals surface area contributed by atoms with Crippen molar-refractivity contribution in [3.8, 4) is 23.0 Å². The molecule has 190 valence electrons. The van der Waals surface area contributed by atoms with Gasteiger partial charge in [0.1, 0.15) is 13.2 Å². The lowest BCUT2D eigenvalue weighted by Crippen LogP contribution is -2.23. The van der Waals surface area contributed by atoms with E-state index in [9.17, 15) is 14.7 Å². The summed E-state index contributed by atoms with van der Waals surface area (Å²) in [5.74, 6) is 1.63. The predicted octanol–water partition coefficient (Wildman–Crippen LogP) is 3.61. The SMILES string of the molecule is COCOc1c(C)cc(N2CCOC2=O)cc1OC.COc1cc(N2CCOC2=O)cc(C)c1O. The van der Waals surface area contributed by atoms with E-state index in [0.29, 0.717) is 54.8 Å². The Balaban J connectivity index is 0.000000198. The molecule has 4 rings (SSSR count). The number of rotatable bonds is 7. The molecular formula is C24H30N2O9. The number of phenolic OH excluding ortho intramolecular Hbond substituents is 1. The molecule has 0 saturated carbocycles. The molecule has 0 atom stereocenters. The van der Waals surface area contributed by atoms with E-state index in [1.54, 1.807) is 44.2 Å². The second-order valence-electron chi connectivity index (χ2n) is 7.69. The maximum atomic E-state index is 11.6. The smallest absolute Gasteiger partial charge is 0.414 e. The lowest BCUT2D eigenvalue weighted by Gasteiger charge is -2.18. The van der Waals surface area contributed by atoms with Crippen LogP contribution < -0.4 is 24.0 Å². The van der Waals surface area contributed by atoms with Crippen LogP contribution in [-0.2, 0) is 14.2 Å². The Morgan fingerprint density at radius 2 is 1.34 bits per heavy atom. The first-order valence-corrected chi connectivity index (χ1v) is 10.9. The minimum absolute atomic E-state index is 0.0961. The van der Waals surface area contributed by atoms with Gasteiger partial charge in [-0.3, -0.25) is 9.80 Å². The van der Waals surface area contributed by atoms with Crippen molar-refractivity contribution in [1.82, 2.24) is 0 Å². The Kier molecular flexibility index (Phi) is 8.48. The third-order valence-corrected chi connectivity index (χ3v) is 5.38. The zero-order valence-corrected chi connectivity index (χ0v) is 20.5. The first-order valence-electron chi connectivity index (χ1n) is 10.9. The van der Waals surface area contributed by atoms with Crippen LogP contribution in [-0.4, -0.2) is 71.7 Å². The van der Waals surface area contributed by atoms with Crippen LogP contribution in [0.5, 0.6) is 23.0 Å². The van der Waals surface area contributed by atoms with Gasteiger partial charge in [0.2, 0.25) is 0 Å². The van der Waals surface area contributed by atoms with Crippen molar-refractivity contribution in [3.05, 3.63) is 35.4 Å². The number of aromatic hydroxyl groups is 1. The number of phenols is 1. The van der Waals surface area contributed by atoms with Gasteiger partial charge in [-0.1, -0.05) is 0 Å². The van der Waals surface area contributed by atoms with Crippen LogP contribution in [0.25, 0.3) is 0 Å². The van der Waals surface area contributed by atoms with Crippen LogP contribution in [0, 0.1) is 13.8 Å². The largest absolute Gasteiger partial charge is 0.504 e. The van der Waals surface area contributed by atoms with Crippen molar-refractivity contribution in [1.29, 1.82) is 0 Å². The third kappa shape index (κ3) is 5.80. The second kappa shape index (κ2) is 11.5. The van der Waals surface area contributed by atoms with Crippen molar-refractivity contribution in [2.24, 2.45) is 0 Å². The molecule has 0 aromatic heterocycles. The molecular weight excluding hydrogens is 460 g/mol. The van der Waals surface area contributed by atoms with Gasteiger partial charge in [0.05, 0.1) is 38.7 Å². The normalized spacial score (nSPS) is 14.8. The Morgan fingerprint density at radius 3 is 1.80 bits per heavy atom. The van der Waals surface area contributed by atoms with Crippen LogP contribution in [0.3, 0.4) is 0 Å². The quantitative estimate of drug-likeness (QED) is 0.581. The number of carbonyl (C=O) groups is 2. The first-order chi connectivity index (χ1) is 16.8. The molecule has 0 aliphatic carbocycles. The number of amides is 2. The Labute approximate surface area is 203 Å². The van der Waals surface area contributed by atoms with Gasteiger partial charge in [0.25, 0.3) is 0 Å². The van der Waals surface area contributed by atoms with E-state index in [4.69, 9.17) is 28.4 Å². The monoisotopic (exact) mass is 490 g/mol. The van der Waals surface area contributed by atoms with Gasteiger partial charge in [0.15, 0.2) is 29.8 Å². The second-order valence-corrected chi connectivity index (χ2v) is 7.69. The number of cyclic esters (lactones) is 2. The molecule has 2 aromatic carbocycles. The van der Waals surface area contributed by atoms with Gasteiger partial charge in [-0.2, -0.15) is 0 Å². The lowest BCUT2D eigenvalue weighted by molar-refractivity contribution is 0.0486. The van der Waals surface area contributed by atoms with E-state index in [1.807, 2.05) is 13.0 Å². The van der Waals surface area contributed by atoms with Crippen LogP contribution in [0.15, 0.2) is 24.3 Å². The number of carbonyl (C=O) groups excluding carboxylic acids is 2. The summed E-state index contributed by atoms with van der Waals surface area (Å²) in [5, 5.41) is 9.67. The van der Waals surface area contributed by atoms with Gasteiger partial charge >= 0.3 is 12.2 Å². The van der Waals surface area contributed by atoms with Crippen LogP contribution >= 0.6 is 0 Å². The van der Waals surface area contributed by atoms with E-state index in [1.165, 1.54) is 12.0 Å². The average Bonchev–Trinajstić information content (AvgIpc) is 3.47. The molecule has 11 heteroatoms. The number of aryl methyl sites for hydroxylation is 2. The fraction of sp³-hybridized carbons (Fsp3) is 0.417. The van der Waals surface area contributed by atoms with Gasteiger partial charge in [-0.05, 0) is 37.1 Å². The highest BCUT2D eigenvalue weighted by atomic mass is 16.7. The molecule has 11 nitrogen and oxygen atoms in total. The Hall–Kier alpha value is -3.86. The molecule has 0 unspecified atom stereocenters. The highest BCUT2D eigenvalue weighted by Crippen LogP contribution is 2.37. The molecule has 1 N–H and O–H groups in total. The number of ether oxygens (including phenoxy) is 6. The summed E-state index contributed by atoms with van der Waals surface area (Å²) >= 11 is 0. The summed E-state index contributed by atoms with van der Waals surface area (Å²) in [4.78, 5) is 26.0. The van der Waals surface area contributed by atoms with Crippen molar-refractivity contribution >= 4 is 23.6 Å². The molecule has 2 aromatic rings. The van der Waals surface area contributed by atoms with Gasteiger partial charge in [0, 0.05) is 19.2 Å². The number of methoxy groups -OCH3 is 3. The molecule has 0 bridgehead atoms. The standard InChI is InChI=1S/C13H17NO5.C11H13NO4/c1-9-6-10(14-4-5-18-13(14)15)7-11(17-3)12(9)19-8-16-2;1-7-5-8(6-9(15-2)10(7)13)12-3-4-16-11(12)14/h6-7H,4-5,8H2,1-3H3;5-6,13H,3-4H2,1-2H3. The number of nitrogens with zero attached hydrogens (tertiary/aromatic N) is 2. The maximum absolute atomic E-state index is 11.6. The van der Waals surface area contributed by atoms with E-state index in [0.717, 1.165) is 11.3 Å². The molecule has 0 radical (unpaired) electrons. The lowest BCUT2D eigenvalue weighted by atomic mass is 10.1. The zero-order valence-electron chi connectivity index (χ0n) is 20.5. The van der Waals surface area contributed by atoms with Crippen molar-refractivity contribution in [2.45, 2.75) is 13.8 Å². The van der Waals surface area contributed by atoms with Crippen LogP contribution in [0.2, 0.25) is 0 Å². The Morgan fingerprint density at radius 1 is 0.829 bits per heavy atom. The predicted molar refractivity (Wildman–Crippen MR) is 127 cm³/mol. The van der Waals surface area contributed by atoms with Crippen molar-refractivity contribution < 1.29 is 43.1 Å². The van der Waals surface area contributed by atoms with Crippen molar-refractivity contribution in [3.63, 3.8) is 0 Å². The molecule has 2 heterocycles. The minimum Gasteiger partial charge on any atom is -0.504 e. The number of hydrogen-bond acceptors (Lipinski definition) is 9. The molecule has 35 heavy (non-hydrogen) atoms. The summed E-state index contributed by atoms with van der Waals surface area (Å²) < 4.78 is 30.5. The average molecular weight is 491 g/mol. The highest BCUT2D eigenvalue weighted by Gasteiger charge is 2.26. The molecule has 2 aliphatic heterocycles. The number of benzene rings is 2. The van der Waals surface area contributed by atoms with Gasteiger partial charge in [-0.25, -0.2) is 9.59 Å².